The van der Waals surface area contributed by atoms with Crippen LogP contribution in [0.5, 0.6) is 5.75 Å². The molecule has 1 aliphatic carbocycles. The molecule has 8 rings (SSSR count). The lowest BCUT2D eigenvalue weighted by Gasteiger charge is -2.34. The molecule has 0 bridgehead atoms. The zero-order valence-corrected chi connectivity index (χ0v) is 26.1. The van der Waals surface area contributed by atoms with Crippen LogP contribution < -0.4 is 0 Å². The highest BCUT2D eigenvalue weighted by atomic mass is 16.3. The molecule has 7 aromatic rings. The Balaban J connectivity index is 1.50. The highest BCUT2D eigenvalue weighted by Gasteiger charge is 2.47. The number of phenolic OH excluding ortho intramolecular Hbond substituents is 1. The minimum absolute atomic E-state index is 0.141. The smallest absolute Gasteiger partial charge is 0.124 e. The van der Waals surface area contributed by atoms with Crippen LogP contribution in [0, 0.1) is 0 Å². The molecule has 0 unspecified atom stereocenters. The Labute approximate surface area is 269 Å². The Bertz CT molecular complexity index is 2230. The molecule has 0 radical (unpaired) electrons. The van der Waals surface area contributed by atoms with Crippen LogP contribution in [-0.2, 0) is 10.8 Å². The maximum Gasteiger partial charge on any atom is 0.124 e. The molecule has 0 amide bonds. The zero-order chi connectivity index (χ0) is 31.5. The number of aromatic hydroxyl groups is 1. The quantitative estimate of drug-likeness (QED) is 0.220. The Kier molecular flexibility index (Phi) is 6.36. The van der Waals surface area contributed by atoms with Gasteiger partial charge in [0.1, 0.15) is 12.1 Å². The Morgan fingerprint density at radius 2 is 1.26 bits per heavy atom. The first kappa shape index (κ1) is 27.9. The number of nitrogens with zero attached hydrogens (tertiary/aromatic N) is 3. The van der Waals surface area contributed by atoms with Gasteiger partial charge in [-0.2, -0.15) is 0 Å². The minimum Gasteiger partial charge on any atom is -0.507 e. The third-order valence-corrected chi connectivity index (χ3v) is 9.31. The van der Waals surface area contributed by atoms with Gasteiger partial charge in [0.05, 0.1) is 28.0 Å². The van der Waals surface area contributed by atoms with E-state index < -0.39 is 5.41 Å². The fourth-order valence-corrected chi connectivity index (χ4v) is 7.10. The molecular formula is C42H33N3O. The lowest BCUT2D eigenvalue weighted by molar-refractivity contribution is 0.477. The number of pyridine rings is 1. The van der Waals surface area contributed by atoms with Crippen LogP contribution >= 0.6 is 0 Å². The summed E-state index contributed by atoms with van der Waals surface area (Å²) in [5, 5.41) is 11.9. The molecule has 2 aromatic heterocycles. The first-order chi connectivity index (χ1) is 22.4. The van der Waals surface area contributed by atoms with Crippen LogP contribution in [0.1, 0.15) is 48.7 Å². The molecule has 1 aliphatic rings. The van der Waals surface area contributed by atoms with Gasteiger partial charge in [-0.1, -0.05) is 112 Å². The van der Waals surface area contributed by atoms with E-state index >= 15 is 0 Å². The van der Waals surface area contributed by atoms with E-state index in [0.29, 0.717) is 5.56 Å². The summed E-state index contributed by atoms with van der Waals surface area (Å²) in [5.41, 5.74) is 11.4. The number of hydrogen-bond acceptors (Lipinski definition) is 4. The van der Waals surface area contributed by atoms with E-state index in [1.165, 1.54) is 27.8 Å². The minimum atomic E-state index is -0.730. The van der Waals surface area contributed by atoms with E-state index in [0.717, 1.165) is 39.1 Å². The lowest BCUT2D eigenvalue weighted by Crippen LogP contribution is -2.30. The second-order valence-electron chi connectivity index (χ2n) is 13.1. The van der Waals surface area contributed by atoms with Gasteiger partial charge in [-0.05, 0) is 81.3 Å². The average Bonchev–Trinajstić information content (AvgIpc) is 3.39. The SMILES string of the molecule is CC(C)(C)c1cc(-c2ncnc3ccccc23)cc(C2(c3cccc(-c4ccccc4O)n3)c3ccccc3-c3ccccc32)c1. The second kappa shape index (κ2) is 10.5. The number of fused-ring (bicyclic) bond motifs is 4. The predicted octanol–water partition coefficient (Wildman–Crippen LogP) is 9.72. The number of benzene rings is 5. The van der Waals surface area contributed by atoms with Crippen molar-refractivity contribution in [3.8, 4) is 39.4 Å². The van der Waals surface area contributed by atoms with E-state index in [4.69, 9.17) is 9.97 Å². The maximum atomic E-state index is 10.8. The normalized spacial score (nSPS) is 13.4. The van der Waals surface area contributed by atoms with E-state index in [1.807, 2.05) is 42.5 Å². The molecule has 0 atom stereocenters. The number of phenols is 1. The largest absolute Gasteiger partial charge is 0.507 e. The lowest BCUT2D eigenvalue weighted by atomic mass is 9.68. The molecule has 0 saturated carbocycles. The molecule has 0 fully saturated rings. The van der Waals surface area contributed by atoms with Gasteiger partial charge in [0.2, 0.25) is 0 Å². The summed E-state index contributed by atoms with van der Waals surface area (Å²) in [4.78, 5) is 14.8. The monoisotopic (exact) mass is 595 g/mol. The van der Waals surface area contributed by atoms with Crippen molar-refractivity contribution >= 4 is 10.9 Å². The van der Waals surface area contributed by atoms with Crippen LogP contribution in [0.25, 0.3) is 44.5 Å². The zero-order valence-electron chi connectivity index (χ0n) is 26.1. The Hall–Kier alpha value is -5.61. The standard InChI is InChI=1S/C42H33N3O/c1-41(2,3)28-23-27(40-33-16-6-10-19-36(33)43-26-44-40)24-29(25-28)42(34-17-8-4-13-30(34)31-14-5-9-18-35(31)42)39-22-12-20-37(45-39)32-15-7-11-21-38(32)46/h4-26,46H,1-3H3. The molecular weight excluding hydrogens is 562 g/mol. The fraction of sp³-hybridized carbons (Fsp3) is 0.119. The summed E-state index contributed by atoms with van der Waals surface area (Å²) < 4.78 is 0. The number of para-hydroxylation sites is 2. The van der Waals surface area contributed by atoms with Gasteiger partial charge in [0.15, 0.2) is 0 Å². The maximum absolute atomic E-state index is 10.8. The molecule has 2 heterocycles. The molecule has 5 aromatic carbocycles. The molecule has 222 valence electrons. The van der Waals surface area contributed by atoms with E-state index in [9.17, 15) is 5.11 Å². The first-order valence-electron chi connectivity index (χ1n) is 15.7. The van der Waals surface area contributed by atoms with Crippen LogP contribution in [0.4, 0.5) is 0 Å². The summed E-state index contributed by atoms with van der Waals surface area (Å²) >= 11 is 0. The first-order valence-corrected chi connectivity index (χ1v) is 15.7. The van der Waals surface area contributed by atoms with Crippen LogP contribution in [0.3, 0.4) is 0 Å². The Morgan fingerprint density at radius 3 is 1.98 bits per heavy atom. The van der Waals surface area contributed by atoms with Crippen molar-refractivity contribution in [2.45, 2.75) is 31.6 Å². The third kappa shape index (κ3) is 4.25. The summed E-state index contributed by atoms with van der Waals surface area (Å²) in [6.07, 6.45) is 1.66. The molecule has 1 N–H and O–H groups in total. The van der Waals surface area contributed by atoms with Gasteiger partial charge in [0, 0.05) is 16.5 Å². The molecule has 0 aliphatic heterocycles. The fourth-order valence-electron chi connectivity index (χ4n) is 7.10. The van der Waals surface area contributed by atoms with Gasteiger partial charge in [-0.15, -0.1) is 0 Å². The van der Waals surface area contributed by atoms with E-state index in [2.05, 4.69) is 111 Å². The summed E-state index contributed by atoms with van der Waals surface area (Å²) in [6.45, 7) is 6.77. The van der Waals surface area contributed by atoms with Crippen LogP contribution in [-0.4, -0.2) is 20.1 Å². The van der Waals surface area contributed by atoms with Gasteiger partial charge in [0.25, 0.3) is 0 Å². The van der Waals surface area contributed by atoms with Crippen molar-refractivity contribution in [3.63, 3.8) is 0 Å². The van der Waals surface area contributed by atoms with E-state index in [-0.39, 0.29) is 11.2 Å². The number of rotatable bonds is 4. The van der Waals surface area contributed by atoms with Gasteiger partial charge < -0.3 is 5.11 Å². The van der Waals surface area contributed by atoms with Gasteiger partial charge >= 0.3 is 0 Å². The van der Waals surface area contributed by atoms with Crippen molar-refractivity contribution in [2.24, 2.45) is 0 Å². The average molecular weight is 596 g/mol. The van der Waals surface area contributed by atoms with Crippen molar-refractivity contribution in [2.75, 3.05) is 0 Å². The van der Waals surface area contributed by atoms with Crippen molar-refractivity contribution in [1.29, 1.82) is 0 Å². The molecule has 4 heteroatoms. The van der Waals surface area contributed by atoms with Crippen LogP contribution in [0.2, 0.25) is 0 Å². The van der Waals surface area contributed by atoms with Crippen molar-refractivity contribution < 1.29 is 5.11 Å². The molecule has 0 saturated heterocycles. The van der Waals surface area contributed by atoms with E-state index in [1.54, 1.807) is 12.4 Å². The molecule has 46 heavy (non-hydrogen) atoms. The highest BCUT2D eigenvalue weighted by Crippen LogP contribution is 2.56. The summed E-state index contributed by atoms with van der Waals surface area (Å²) in [7, 11) is 0. The topological polar surface area (TPSA) is 58.9 Å². The Morgan fingerprint density at radius 1 is 0.609 bits per heavy atom. The second-order valence-corrected chi connectivity index (χ2v) is 13.1. The third-order valence-electron chi connectivity index (χ3n) is 9.31. The highest BCUT2D eigenvalue weighted by molar-refractivity contribution is 5.93. The summed E-state index contributed by atoms with van der Waals surface area (Å²) in [5.74, 6) is 0.209. The molecule has 4 nitrogen and oxygen atoms in total. The van der Waals surface area contributed by atoms with Gasteiger partial charge in [-0.3, -0.25) is 4.98 Å². The van der Waals surface area contributed by atoms with Crippen molar-refractivity contribution in [3.05, 3.63) is 168 Å². The summed E-state index contributed by atoms with van der Waals surface area (Å²) in [6, 6.07) is 46.1. The van der Waals surface area contributed by atoms with Crippen molar-refractivity contribution in [1.82, 2.24) is 15.0 Å². The molecule has 0 spiro atoms. The number of aromatic nitrogens is 3. The van der Waals surface area contributed by atoms with Gasteiger partial charge in [-0.25, -0.2) is 9.97 Å². The number of hydrogen-bond donors (Lipinski definition) is 1. The predicted molar refractivity (Wildman–Crippen MR) is 186 cm³/mol. The van der Waals surface area contributed by atoms with Crippen LogP contribution in [0.15, 0.2) is 140 Å².